The Kier molecular flexibility index (Phi) is 3.99. The van der Waals surface area contributed by atoms with Gasteiger partial charge in [0, 0.05) is 30.3 Å². The van der Waals surface area contributed by atoms with Crippen LogP contribution in [-0.2, 0) is 22.5 Å². The smallest absolute Gasteiger partial charge is 0.307 e. The lowest BCUT2D eigenvalue weighted by atomic mass is 10.1. The van der Waals surface area contributed by atoms with E-state index in [4.69, 9.17) is 9.84 Å². The minimum atomic E-state index is -0.803. The fourth-order valence-corrected chi connectivity index (χ4v) is 2.12. The highest BCUT2D eigenvalue weighted by Gasteiger charge is 2.10. The predicted octanol–water partition coefficient (Wildman–Crippen LogP) is 2.30. The molecule has 2 rings (SSSR count). The Morgan fingerprint density at radius 3 is 2.89 bits per heavy atom. The number of carboxylic acids is 1. The Balaban J connectivity index is 2.31. The van der Waals surface area contributed by atoms with Gasteiger partial charge in [-0.2, -0.15) is 0 Å². The van der Waals surface area contributed by atoms with Crippen molar-refractivity contribution in [3.63, 3.8) is 0 Å². The molecule has 0 saturated carbocycles. The molecule has 18 heavy (non-hydrogen) atoms. The standard InChI is InChI=1S/C14H17NO3/c1-2-18-8-7-15-10-11(9-14(16)17)12-5-3-4-6-13(12)15/h3-6,10H,2,7-9H2,1H3,(H,16,17). The summed E-state index contributed by atoms with van der Waals surface area (Å²) in [6, 6.07) is 7.86. The van der Waals surface area contributed by atoms with Crippen LogP contribution in [0.3, 0.4) is 0 Å². The van der Waals surface area contributed by atoms with Crippen molar-refractivity contribution < 1.29 is 14.6 Å². The van der Waals surface area contributed by atoms with E-state index in [1.165, 1.54) is 0 Å². The van der Waals surface area contributed by atoms with Gasteiger partial charge >= 0.3 is 5.97 Å². The lowest BCUT2D eigenvalue weighted by Gasteiger charge is -2.04. The number of fused-ring (bicyclic) bond motifs is 1. The molecule has 1 heterocycles. The van der Waals surface area contributed by atoms with Gasteiger partial charge in [-0.05, 0) is 18.6 Å². The van der Waals surface area contributed by atoms with E-state index in [9.17, 15) is 4.79 Å². The van der Waals surface area contributed by atoms with Gasteiger partial charge in [0.05, 0.1) is 13.0 Å². The molecule has 1 N–H and O–H groups in total. The van der Waals surface area contributed by atoms with Gasteiger partial charge < -0.3 is 14.4 Å². The molecule has 0 amide bonds. The maximum atomic E-state index is 10.8. The van der Waals surface area contributed by atoms with Crippen LogP contribution in [0.1, 0.15) is 12.5 Å². The zero-order valence-electron chi connectivity index (χ0n) is 10.4. The number of aromatic nitrogens is 1. The van der Waals surface area contributed by atoms with Crippen LogP contribution in [0, 0.1) is 0 Å². The molecule has 96 valence electrons. The summed E-state index contributed by atoms with van der Waals surface area (Å²) in [7, 11) is 0. The van der Waals surface area contributed by atoms with E-state index in [0.29, 0.717) is 13.2 Å². The maximum Gasteiger partial charge on any atom is 0.307 e. The molecule has 0 atom stereocenters. The first-order valence-corrected chi connectivity index (χ1v) is 6.08. The highest BCUT2D eigenvalue weighted by atomic mass is 16.5. The third-order valence-electron chi connectivity index (χ3n) is 2.89. The number of aliphatic carboxylic acids is 1. The summed E-state index contributed by atoms with van der Waals surface area (Å²) in [4.78, 5) is 10.8. The molecule has 0 unspecified atom stereocenters. The van der Waals surface area contributed by atoms with Crippen LogP contribution in [0.5, 0.6) is 0 Å². The molecule has 0 saturated heterocycles. The molecule has 0 spiro atoms. The van der Waals surface area contributed by atoms with Crippen molar-refractivity contribution in [2.75, 3.05) is 13.2 Å². The number of nitrogens with zero attached hydrogens (tertiary/aromatic N) is 1. The number of hydrogen-bond acceptors (Lipinski definition) is 2. The second-order valence-corrected chi connectivity index (χ2v) is 4.13. The molecule has 0 bridgehead atoms. The van der Waals surface area contributed by atoms with Crippen LogP contribution < -0.4 is 0 Å². The van der Waals surface area contributed by atoms with E-state index in [-0.39, 0.29) is 6.42 Å². The second kappa shape index (κ2) is 5.69. The van der Waals surface area contributed by atoms with E-state index in [1.807, 2.05) is 37.4 Å². The Hall–Kier alpha value is -1.81. The van der Waals surface area contributed by atoms with Crippen LogP contribution in [0.15, 0.2) is 30.5 Å². The maximum absolute atomic E-state index is 10.8. The summed E-state index contributed by atoms with van der Waals surface area (Å²) in [6.07, 6.45) is 1.97. The Morgan fingerprint density at radius 2 is 2.17 bits per heavy atom. The molecular weight excluding hydrogens is 230 g/mol. The van der Waals surface area contributed by atoms with Crippen molar-refractivity contribution in [1.29, 1.82) is 0 Å². The Bertz CT molecular complexity index is 545. The summed E-state index contributed by atoms with van der Waals surface area (Å²) in [5.41, 5.74) is 1.92. The SMILES string of the molecule is CCOCCn1cc(CC(=O)O)c2ccccc21. The van der Waals surface area contributed by atoms with Crippen molar-refractivity contribution in [1.82, 2.24) is 4.57 Å². The van der Waals surface area contributed by atoms with Crippen LogP contribution >= 0.6 is 0 Å². The largest absolute Gasteiger partial charge is 0.481 e. The minimum absolute atomic E-state index is 0.0577. The third kappa shape index (κ3) is 2.71. The van der Waals surface area contributed by atoms with E-state index >= 15 is 0 Å². The van der Waals surface area contributed by atoms with Gasteiger partial charge in [0.15, 0.2) is 0 Å². The predicted molar refractivity (Wildman–Crippen MR) is 69.8 cm³/mol. The number of benzene rings is 1. The normalized spacial score (nSPS) is 10.9. The van der Waals surface area contributed by atoms with E-state index in [1.54, 1.807) is 0 Å². The zero-order chi connectivity index (χ0) is 13.0. The summed E-state index contributed by atoms with van der Waals surface area (Å²) in [5, 5.41) is 9.93. The first-order valence-electron chi connectivity index (χ1n) is 6.08. The highest BCUT2D eigenvalue weighted by molar-refractivity contribution is 5.87. The van der Waals surface area contributed by atoms with E-state index in [2.05, 4.69) is 4.57 Å². The average Bonchev–Trinajstić information content (AvgIpc) is 2.68. The molecule has 0 aliphatic heterocycles. The Morgan fingerprint density at radius 1 is 1.39 bits per heavy atom. The van der Waals surface area contributed by atoms with E-state index in [0.717, 1.165) is 23.0 Å². The molecule has 1 aromatic carbocycles. The number of para-hydroxylation sites is 1. The van der Waals surface area contributed by atoms with E-state index < -0.39 is 5.97 Å². The van der Waals surface area contributed by atoms with Crippen molar-refractivity contribution in [3.8, 4) is 0 Å². The number of rotatable bonds is 6. The molecule has 2 aromatic rings. The summed E-state index contributed by atoms with van der Waals surface area (Å²) < 4.78 is 7.40. The van der Waals surface area contributed by atoms with Crippen LogP contribution in [0.2, 0.25) is 0 Å². The fourth-order valence-electron chi connectivity index (χ4n) is 2.12. The van der Waals surface area contributed by atoms with Crippen LogP contribution in [0.25, 0.3) is 10.9 Å². The second-order valence-electron chi connectivity index (χ2n) is 4.13. The lowest BCUT2D eigenvalue weighted by molar-refractivity contribution is -0.136. The topological polar surface area (TPSA) is 51.5 Å². The van der Waals surface area contributed by atoms with Gasteiger partial charge in [0.1, 0.15) is 0 Å². The van der Waals surface area contributed by atoms with Crippen molar-refractivity contribution in [2.45, 2.75) is 19.9 Å². The summed E-state index contributed by atoms with van der Waals surface area (Å²) in [6.45, 7) is 4.04. The molecule has 0 aliphatic carbocycles. The molecule has 0 aliphatic rings. The van der Waals surface area contributed by atoms with Gasteiger partial charge in [-0.3, -0.25) is 4.79 Å². The Labute approximate surface area is 106 Å². The fraction of sp³-hybridized carbons (Fsp3) is 0.357. The van der Waals surface area contributed by atoms with Crippen LogP contribution in [-0.4, -0.2) is 28.9 Å². The molecule has 4 heteroatoms. The van der Waals surface area contributed by atoms with Crippen molar-refractivity contribution in [3.05, 3.63) is 36.0 Å². The number of carbonyl (C=O) groups is 1. The molecule has 0 fully saturated rings. The lowest BCUT2D eigenvalue weighted by Crippen LogP contribution is -2.04. The quantitative estimate of drug-likeness (QED) is 0.797. The van der Waals surface area contributed by atoms with Gasteiger partial charge in [0.25, 0.3) is 0 Å². The number of hydrogen-bond donors (Lipinski definition) is 1. The van der Waals surface area contributed by atoms with Gasteiger partial charge in [-0.25, -0.2) is 0 Å². The monoisotopic (exact) mass is 247 g/mol. The zero-order valence-corrected chi connectivity index (χ0v) is 10.4. The molecular formula is C14H17NO3. The average molecular weight is 247 g/mol. The van der Waals surface area contributed by atoms with Gasteiger partial charge in [-0.15, -0.1) is 0 Å². The third-order valence-corrected chi connectivity index (χ3v) is 2.89. The van der Waals surface area contributed by atoms with Crippen molar-refractivity contribution in [2.24, 2.45) is 0 Å². The van der Waals surface area contributed by atoms with Crippen LogP contribution in [0.4, 0.5) is 0 Å². The molecule has 1 aromatic heterocycles. The van der Waals surface area contributed by atoms with Gasteiger partial charge in [-0.1, -0.05) is 18.2 Å². The van der Waals surface area contributed by atoms with Gasteiger partial charge in [0.2, 0.25) is 0 Å². The summed E-state index contributed by atoms with van der Waals surface area (Å²) >= 11 is 0. The summed E-state index contributed by atoms with van der Waals surface area (Å²) in [5.74, 6) is -0.803. The van der Waals surface area contributed by atoms with Crippen molar-refractivity contribution >= 4 is 16.9 Å². The number of ether oxygens (including phenoxy) is 1. The minimum Gasteiger partial charge on any atom is -0.481 e. The molecule has 0 radical (unpaired) electrons. The first kappa shape index (κ1) is 12.6. The highest BCUT2D eigenvalue weighted by Crippen LogP contribution is 2.21. The number of carboxylic acid groups (broad SMARTS) is 1. The first-order chi connectivity index (χ1) is 8.72. The molecule has 4 nitrogen and oxygen atoms in total.